The van der Waals surface area contributed by atoms with E-state index in [1.54, 1.807) is 0 Å². The number of nitrogens with one attached hydrogen (secondary N) is 1. The molecule has 0 spiro atoms. The molecule has 0 aliphatic heterocycles. The van der Waals surface area contributed by atoms with Crippen LogP contribution < -0.4 is 5.32 Å². The second-order valence-corrected chi connectivity index (χ2v) is 7.24. The van der Waals surface area contributed by atoms with E-state index in [9.17, 15) is 4.79 Å². The Balaban J connectivity index is 1.76. The Hall–Kier alpha value is -1.75. The molecule has 1 saturated carbocycles. The van der Waals surface area contributed by atoms with Crippen LogP contribution in [-0.2, 0) is 11.2 Å². The van der Waals surface area contributed by atoms with Gasteiger partial charge in [-0.1, -0.05) is 61.4 Å². The number of rotatable bonds is 6. The summed E-state index contributed by atoms with van der Waals surface area (Å²) in [6, 6.07) is 10.1. The quantitative estimate of drug-likeness (QED) is 0.854. The molecule has 1 heterocycles. The van der Waals surface area contributed by atoms with Gasteiger partial charge in [-0.25, -0.2) is 0 Å². The molecule has 1 aliphatic carbocycles. The minimum Gasteiger partial charge on any atom is -0.300 e. The average molecular weight is 329 g/mol. The van der Waals surface area contributed by atoms with E-state index < -0.39 is 0 Å². The van der Waals surface area contributed by atoms with Crippen LogP contribution in [0.2, 0.25) is 0 Å². The number of amides is 1. The van der Waals surface area contributed by atoms with Crippen molar-refractivity contribution in [3.63, 3.8) is 0 Å². The van der Waals surface area contributed by atoms with Crippen molar-refractivity contribution in [2.75, 3.05) is 5.32 Å². The largest absolute Gasteiger partial charge is 0.300 e. The van der Waals surface area contributed by atoms with Crippen LogP contribution in [0.15, 0.2) is 30.3 Å². The summed E-state index contributed by atoms with van der Waals surface area (Å²) < 4.78 is 0. The summed E-state index contributed by atoms with van der Waals surface area (Å²) in [4.78, 5) is 12.9. The molecule has 23 heavy (non-hydrogen) atoms. The highest BCUT2D eigenvalue weighted by atomic mass is 32.1. The van der Waals surface area contributed by atoms with Gasteiger partial charge in [0.15, 0.2) is 0 Å². The zero-order chi connectivity index (χ0) is 16.1. The SMILES string of the molecule is CCCc1nnc(NC(=O)[C@H](c2ccccc2)C2CCCC2)s1. The molecule has 3 rings (SSSR count). The van der Waals surface area contributed by atoms with E-state index in [-0.39, 0.29) is 11.8 Å². The van der Waals surface area contributed by atoms with Crippen molar-refractivity contribution in [2.24, 2.45) is 5.92 Å². The molecule has 1 aromatic heterocycles. The van der Waals surface area contributed by atoms with Gasteiger partial charge in [0.05, 0.1) is 5.92 Å². The summed E-state index contributed by atoms with van der Waals surface area (Å²) in [5, 5.41) is 12.9. The second kappa shape index (κ2) is 7.68. The number of carbonyl (C=O) groups excluding carboxylic acids is 1. The maximum absolute atomic E-state index is 12.9. The maximum atomic E-state index is 12.9. The predicted molar refractivity (Wildman–Crippen MR) is 93.7 cm³/mol. The molecular formula is C18H23N3OS. The van der Waals surface area contributed by atoms with Gasteiger partial charge in [-0.15, -0.1) is 10.2 Å². The fourth-order valence-corrected chi connectivity index (χ4v) is 4.24. The van der Waals surface area contributed by atoms with Crippen molar-refractivity contribution in [1.82, 2.24) is 10.2 Å². The minimum atomic E-state index is -0.0859. The lowest BCUT2D eigenvalue weighted by Crippen LogP contribution is -2.26. The van der Waals surface area contributed by atoms with Gasteiger partial charge in [-0.3, -0.25) is 10.1 Å². The fourth-order valence-electron chi connectivity index (χ4n) is 3.39. The van der Waals surface area contributed by atoms with Crippen molar-refractivity contribution < 1.29 is 4.79 Å². The van der Waals surface area contributed by atoms with Gasteiger partial charge in [0.1, 0.15) is 5.01 Å². The summed E-state index contributed by atoms with van der Waals surface area (Å²) in [6.07, 6.45) is 6.66. The summed E-state index contributed by atoms with van der Waals surface area (Å²) in [6.45, 7) is 2.12. The number of aromatic nitrogens is 2. The molecule has 1 atom stereocenters. The van der Waals surface area contributed by atoms with E-state index >= 15 is 0 Å². The highest BCUT2D eigenvalue weighted by Crippen LogP contribution is 2.38. The molecule has 0 unspecified atom stereocenters. The number of aryl methyl sites for hydroxylation is 1. The Kier molecular flexibility index (Phi) is 5.39. The number of carbonyl (C=O) groups is 1. The monoisotopic (exact) mass is 329 g/mol. The first-order valence-corrected chi connectivity index (χ1v) is 9.27. The summed E-state index contributed by atoms with van der Waals surface area (Å²) in [5.41, 5.74) is 1.11. The van der Waals surface area contributed by atoms with Crippen LogP contribution in [0, 0.1) is 5.92 Å². The number of nitrogens with zero attached hydrogens (tertiary/aromatic N) is 2. The summed E-state index contributed by atoms with van der Waals surface area (Å²) in [7, 11) is 0. The van der Waals surface area contributed by atoms with E-state index in [4.69, 9.17) is 0 Å². The maximum Gasteiger partial charge on any atom is 0.234 e. The Labute approximate surface area is 141 Å². The molecular weight excluding hydrogens is 306 g/mol. The zero-order valence-corrected chi connectivity index (χ0v) is 14.3. The zero-order valence-electron chi connectivity index (χ0n) is 13.5. The highest BCUT2D eigenvalue weighted by Gasteiger charge is 2.32. The number of hydrogen-bond acceptors (Lipinski definition) is 4. The molecule has 0 saturated heterocycles. The first-order chi connectivity index (χ1) is 11.3. The van der Waals surface area contributed by atoms with Crippen LogP contribution >= 0.6 is 11.3 Å². The number of hydrogen-bond donors (Lipinski definition) is 1. The Bertz CT molecular complexity index is 635. The third kappa shape index (κ3) is 3.96. The Morgan fingerprint density at radius 2 is 2.00 bits per heavy atom. The molecule has 0 radical (unpaired) electrons. The van der Waals surface area contributed by atoms with Gasteiger partial charge >= 0.3 is 0 Å². The van der Waals surface area contributed by atoms with Crippen LogP contribution in [0.1, 0.15) is 55.5 Å². The third-order valence-corrected chi connectivity index (χ3v) is 5.37. The van der Waals surface area contributed by atoms with Gasteiger partial charge in [-0.05, 0) is 30.7 Å². The molecule has 1 fully saturated rings. The molecule has 5 heteroatoms. The first-order valence-electron chi connectivity index (χ1n) is 8.46. The van der Waals surface area contributed by atoms with Crippen LogP contribution in [0.3, 0.4) is 0 Å². The van der Waals surface area contributed by atoms with Crippen LogP contribution in [-0.4, -0.2) is 16.1 Å². The molecule has 2 aromatic rings. The van der Waals surface area contributed by atoms with Crippen LogP contribution in [0.4, 0.5) is 5.13 Å². The average Bonchev–Trinajstić information content (AvgIpc) is 3.22. The van der Waals surface area contributed by atoms with E-state index in [0.717, 1.165) is 36.3 Å². The first kappa shape index (κ1) is 16.1. The van der Waals surface area contributed by atoms with E-state index in [0.29, 0.717) is 11.0 Å². The molecule has 1 aromatic carbocycles. The lowest BCUT2D eigenvalue weighted by Gasteiger charge is -2.22. The normalized spacial score (nSPS) is 16.4. The molecule has 1 amide bonds. The van der Waals surface area contributed by atoms with Crippen LogP contribution in [0.25, 0.3) is 0 Å². The fraction of sp³-hybridized carbons (Fsp3) is 0.500. The van der Waals surface area contributed by atoms with Crippen molar-refractivity contribution in [3.05, 3.63) is 40.9 Å². The van der Waals surface area contributed by atoms with E-state index in [2.05, 4.69) is 34.6 Å². The minimum absolute atomic E-state index is 0.0577. The lowest BCUT2D eigenvalue weighted by atomic mass is 9.84. The van der Waals surface area contributed by atoms with Crippen LogP contribution in [0.5, 0.6) is 0 Å². The molecule has 1 aliphatic rings. The smallest absolute Gasteiger partial charge is 0.234 e. The van der Waals surface area contributed by atoms with Crippen molar-refractivity contribution in [3.8, 4) is 0 Å². The predicted octanol–water partition coefficient (Wildman–Crippen LogP) is 4.40. The Morgan fingerprint density at radius 1 is 1.26 bits per heavy atom. The Morgan fingerprint density at radius 3 is 2.70 bits per heavy atom. The summed E-state index contributed by atoms with van der Waals surface area (Å²) in [5.74, 6) is 0.403. The van der Waals surface area contributed by atoms with E-state index in [1.165, 1.54) is 24.2 Å². The standard InChI is InChI=1S/C18H23N3OS/c1-2-8-15-20-21-18(23-15)19-17(22)16(14-11-6-7-12-14)13-9-4-3-5-10-13/h3-5,9-10,14,16H,2,6-8,11-12H2,1H3,(H,19,21,22)/t16-/m1/s1. The third-order valence-electron chi connectivity index (χ3n) is 4.47. The molecule has 1 N–H and O–H groups in total. The van der Waals surface area contributed by atoms with E-state index in [1.807, 2.05) is 18.2 Å². The van der Waals surface area contributed by atoms with Gasteiger partial charge in [-0.2, -0.15) is 0 Å². The molecule has 4 nitrogen and oxygen atoms in total. The number of benzene rings is 1. The lowest BCUT2D eigenvalue weighted by molar-refractivity contribution is -0.118. The summed E-state index contributed by atoms with van der Waals surface area (Å²) >= 11 is 1.49. The van der Waals surface area contributed by atoms with Crippen molar-refractivity contribution in [1.29, 1.82) is 0 Å². The number of anilines is 1. The second-order valence-electron chi connectivity index (χ2n) is 6.17. The molecule has 122 valence electrons. The van der Waals surface area contributed by atoms with Gasteiger partial charge in [0.25, 0.3) is 0 Å². The van der Waals surface area contributed by atoms with Gasteiger partial charge in [0, 0.05) is 6.42 Å². The topological polar surface area (TPSA) is 54.9 Å². The highest BCUT2D eigenvalue weighted by molar-refractivity contribution is 7.15. The molecule has 0 bridgehead atoms. The van der Waals surface area contributed by atoms with Gasteiger partial charge in [0.2, 0.25) is 11.0 Å². The van der Waals surface area contributed by atoms with Gasteiger partial charge < -0.3 is 0 Å². The van der Waals surface area contributed by atoms with Crippen molar-refractivity contribution in [2.45, 2.75) is 51.4 Å². The van der Waals surface area contributed by atoms with Crippen molar-refractivity contribution >= 4 is 22.4 Å².